The van der Waals surface area contributed by atoms with Crippen LogP contribution in [0.3, 0.4) is 0 Å². The third-order valence-corrected chi connectivity index (χ3v) is 3.11. The first-order valence-electron chi connectivity index (χ1n) is 6.36. The van der Waals surface area contributed by atoms with Crippen LogP contribution in [0.15, 0.2) is 22.8 Å². The monoisotopic (exact) mass is 238 g/mol. The molecule has 1 fully saturated rings. The summed E-state index contributed by atoms with van der Waals surface area (Å²) in [4.78, 5) is 2.37. The van der Waals surface area contributed by atoms with Crippen LogP contribution in [-0.2, 0) is 11.3 Å². The molecular weight excluding hydrogens is 216 g/mol. The van der Waals surface area contributed by atoms with Crippen molar-refractivity contribution in [3.05, 3.63) is 24.2 Å². The van der Waals surface area contributed by atoms with Crippen molar-refractivity contribution >= 4 is 0 Å². The van der Waals surface area contributed by atoms with E-state index < -0.39 is 0 Å². The number of nitrogens with one attached hydrogen (secondary N) is 1. The van der Waals surface area contributed by atoms with Crippen molar-refractivity contribution in [1.29, 1.82) is 0 Å². The molecule has 1 aliphatic rings. The van der Waals surface area contributed by atoms with Crippen LogP contribution < -0.4 is 5.32 Å². The number of hydrogen-bond acceptors (Lipinski definition) is 4. The van der Waals surface area contributed by atoms with E-state index in [9.17, 15) is 0 Å². The van der Waals surface area contributed by atoms with Gasteiger partial charge in [-0.2, -0.15) is 0 Å². The Morgan fingerprint density at radius 2 is 2.53 bits per heavy atom. The van der Waals surface area contributed by atoms with Crippen molar-refractivity contribution in [3.8, 4) is 0 Å². The van der Waals surface area contributed by atoms with E-state index in [4.69, 9.17) is 9.15 Å². The van der Waals surface area contributed by atoms with Crippen molar-refractivity contribution in [2.45, 2.75) is 25.5 Å². The zero-order valence-electron chi connectivity index (χ0n) is 10.5. The maximum atomic E-state index is 5.52. The van der Waals surface area contributed by atoms with E-state index in [1.807, 2.05) is 12.1 Å². The second-order valence-corrected chi connectivity index (χ2v) is 4.69. The van der Waals surface area contributed by atoms with Crippen LogP contribution in [0.25, 0.3) is 0 Å². The largest absolute Gasteiger partial charge is 0.467 e. The van der Waals surface area contributed by atoms with Gasteiger partial charge in [0.1, 0.15) is 12.4 Å². The summed E-state index contributed by atoms with van der Waals surface area (Å²) in [5.74, 6) is 0.898. The molecule has 2 rings (SSSR count). The first kappa shape index (κ1) is 12.6. The lowest BCUT2D eigenvalue weighted by atomic mass is 10.2. The van der Waals surface area contributed by atoms with Gasteiger partial charge in [0.2, 0.25) is 0 Å². The normalized spacial score (nSPS) is 21.1. The summed E-state index contributed by atoms with van der Waals surface area (Å²) in [6.07, 6.45) is 4.00. The first-order valence-corrected chi connectivity index (χ1v) is 6.36. The highest BCUT2D eigenvalue weighted by molar-refractivity contribution is 4.95. The molecule has 4 nitrogen and oxygen atoms in total. The molecule has 0 spiro atoms. The molecule has 0 saturated carbocycles. The average Bonchev–Trinajstić information content (AvgIpc) is 2.95. The highest BCUT2D eigenvalue weighted by Gasteiger charge is 2.17. The van der Waals surface area contributed by atoms with Crippen LogP contribution in [0.1, 0.15) is 18.6 Å². The van der Waals surface area contributed by atoms with E-state index in [1.54, 1.807) is 6.26 Å². The van der Waals surface area contributed by atoms with Gasteiger partial charge >= 0.3 is 0 Å². The predicted octanol–water partition coefficient (Wildman–Crippen LogP) is 1.48. The summed E-state index contributed by atoms with van der Waals surface area (Å²) < 4.78 is 10.7. The highest BCUT2D eigenvalue weighted by atomic mass is 16.5. The van der Waals surface area contributed by atoms with Gasteiger partial charge in [-0.25, -0.2) is 0 Å². The fourth-order valence-electron chi connectivity index (χ4n) is 2.15. The minimum Gasteiger partial charge on any atom is -0.467 e. The topological polar surface area (TPSA) is 37.6 Å². The summed E-state index contributed by atoms with van der Waals surface area (Å²) in [6, 6.07) is 4.49. The number of ether oxygens (including phenoxy) is 1. The van der Waals surface area contributed by atoms with E-state index in [0.717, 1.165) is 25.3 Å². The SMILES string of the molecule is CN1CCC(NCCCOCc2ccco2)C1. The summed E-state index contributed by atoms with van der Waals surface area (Å²) in [5, 5.41) is 3.56. The van der Waals surface area contributed by atoms with Crippen LogP contribution in [0.4, 0.5) is 0 Å². The summed E-state index contributed by atoms with van der Waals surface area (Å²) in [6.45, 7) is 4.80. The van der Waals surface area contributed by atoms with E-state index in [0.29, 0.717) is 12.6 Å². The molecular formula is C13H22N2O2. The molecule has 0 aromatic carbocycles. The highest BCUT2D eigenvalue weighted by Crippen LogP contribution is 2.06. The van der Waals surface area contributed by atoms with Gasteiger partial charge in [0, 0.05) is 19.2 Å². The van der Waals surface area contributed by atoms with Gasteiger partial charge in [0.05, 0.1) is 6.26 Å². The molecule has 1 N–H and O–H groups in total. The Balaban J connectivity index is 1.44. The van der Waals surface area contributed by atoms with Gasteiger partial charge in [-0.15, -0.1) is 0 Å². The molecule has 1 aromatic rings. The third-order valence-electron chi connectivity index (χ3n) is 3.11. The second-order valence-electron chi connectivity index (χ2n) is 4.69. The molecule has 4 heteroatoms. The molecule has 0 aliphatic carbocycles. The predicted molar refractivity (Wildman–Crippen MR) is 66.9 cm³/mol. The fourth-order valence-corrected chi connectivity index (χ4v) is 2.15. The number of furan rings is 1. The zero-order valence-corrected chi connectivity index (χ0v) is 10.5. The standard InChI is InChI=1S/C13H22N2O2/c1-15-7-5-12(10-15)14-6-3-8-16-11-13-4-2-9-17-13/h2,4,9,12,14H,3,5-8,10-11H2,1H3. The van der Waals surface area contributed by atoms with Crippen molar-refractivity contribution in [1.82, 2.24) is 10.2 Å². The Morgan fingerprint density at radius 1 is 1.59 bits per heavy atom. The van der Waals surface area contributed by atoms with Gasteiger partial charge in [0.25, 0.3) is 0 Å². The van der Waals surface area contributed by atoms with Gasteiger partial charge < -0.3 is 19.4 Å². The van der Waals surface area contributed by atoms with Crippen molar-refractivity contribution in [2.75, 3.05) is 33.3 Å². The van der Waals surface area contributed by atoms with Crippen molar-refractivity contribution < 1.29 is 9.15 Å². The lowest BCUT2D eigenvalue weighted by Crippen LogP contribution is -2.32. The Kier molecular flexibility index (Phi) is 5.04. The third kappa shape index (κ3) is 4.50. The van der Waals surface area contributed by atoms with Crippen LogP contribution in [0.2, 0.25) is 0 Å². The molecule has 96 valence electrons. The maximum absolute atomic E-state index is 5.52. The minimum absolute atomic E-state index is 0.583. The van der Waals surface area contributed by atoms with Gasteiger partial charge in [-0.1, -0.05) is 0 Å². The molecule has 0 bridgehead atoms. The number of likely N-dealkylation sites (N-methyl/N-ethyl adjacent to an activating group) is 1. The van der Waals surface area contributed by atoms with Crippen LogP contribution in [0, 0.1) is 0 Å². The Hall–Kier alpha value is -0.840. The summed E-state index contributed by atoms with van der Waals surface area (Å²) in [5.41, 5.74) is 0. The van der Waals surface area contributed by atoms with E-state index >= 15 is 0 Å². The summed E-state index contributed by atoms with van der Waals surface area (Å²) >= 11 is 0. The van der Waals surface area contributed by atoms with Gasteiger partial charge in [-0.3, -0.25) is 0 Å². The molecule has 1 saturated heterocycles. The Bertz CT molecular complexity index is 300. The van der Waals surface area contributed by atoms with Crippen molar-refractivity contribution in [2.24, 2.45) is 0 Å². The fraction of sp³-hybridized carbons (Fsp3) is 0.692. The number of nitrogens with zero attached hydrogens (tertiary/aromatic N) is 1. The second kappa shape index (κ2) is 6.79. The molecule has 1 unspecified atom stereocenters. The van der Waals surface area contributed by atoms with Gasteiger partial charge in [-0.05, 0) is 45.1 Å². The molecule has 0 radical (unpaired) electrons. The molecule has 1 atom stereocenters. The number of hydrogen-bond donors (Lipinski definition) is 1. The molecule has 1 aliphatic heterocycles. The van der Waals surface area contributed by atoms with E-state index in [-0.39, 0.29) is 0 Å². The quantitative estimate of drug-likeness (QED) is 0.730. The van der Waals surface area contributed by atoms with Crippen molar-refractivity contribution in [3.63, 3.8) is 0 Å². The number of likely N-dealkylation sites (tertiary alicyclic amines) is 1. The molecule has 2 heterocycles. The molecule has 0 amide bonds. The zero-order chi connectivity index (χ0) is 11.9. The van der Waals surface area contributed by atoms with Crippen LogP contribution in [-0.4, -0.2) is 44.2 Å². The molecule has 1 aromatic heterocycles. The minimum atomic E-state index is 0.583. The van der Waals surface area contributed by atoms with Crippen LogP contribution >= 0.6 is 0 Å². The Morgan fingerprint density at radius 3 is 3.24 bits per heavy atom. The lowest BCUT2D eigenvalue weighted by molar-refractivity contribution is 0.103. The first-order chi connectivity index (χ1) is 8.34. The lowest BCUT2D eigenvalue weighted by Gasteiger charge is -2.12. The number of rotatable bonds is 7. The van der Waals surface area contributed by atoms with E-state index in [1.165, 1.54) is 19.5 Å². The average molecular weight is 238 g/mol. The van der Waals surface area contributed by atoms with E-state index in [2.05, 4.69) is 17.3 Å². The smallest absolute Gasteiger partial charge is 0.129 e. The molecule has 17 heavy (non-hydrogen) atoms. The maximum Gasteiger partial charge on any atom is 0.129 e. The Labute approximate surface area is 103 Å². The van der Waals surface area contributed by atoms with Gasteiger partial charge in [0.15, 0.2) is 0 Å². The summed E-state index contributed by atoms with van der Waals surface area (Å²) in [7, 11) is 2.17. The van der Waals surface area contributed by atoms with Crippen LogP contribution in [0.5, 0.6) is 0 Å².